The van der Waals surface area contributed by atoms with Crippen molar-refractivity contribution in [3.05, 3.63) is 0 Å². The van der Waals surface area contributed by atoms with Crippen molar-refractivity contribution in [1.29, 1.82) is 0 Å². The highest BCUT2D eigenvalue weighted by Crippen LogP contribution is 2.06. The molecule has 0 aromatic rings. The highest BCUT2D eigenvalue weighted by molar-refractivity contribution is 5.75. The fraction of sp³-hybridized carbons (Fsp3) is 0.889. The molecule has 14 heavy (non-hydrogen) atoms. The van der Waals surface area contributed by atoms with Crippen LogP contribution in [0.25, 0.3) is 0 Å². The maximum absolute atomic E-state index is 10.9. The van der Waals surface area contributed by atoms with E-state index in [-0.39, 0.29) is 12.3 Å². The summed E-state index contributed by atoms with van der Waals surface area (Å²) in [6.07, 6.45) is 1.84. The lowest BCUT2D eigenvalue weighted by Crippen LogP contribution is -2.31. The van der Waals surface area contributed by atoms with Crippen molar-refractivity contribution in [2.75, 3.05) is 21.3 Å². The van der Waals surface area contributed by atoms with Gasteiger partial charge in [0.2, 0.25) is 0 Å². The molecule has 1 atom stereocenters. The number of carbonyl (C=O) groups is 1. The number of nitrogens with two attached hydrogens (primary N) is 1. The zero-order valence-corrected chi connectivity index (χ0v) is 8.99. The molecule has 0 bridgehead atoms. The van der Waals surface area contributed by atoms with Crippen molar-refractivity contribution in [3.63, 3.8) is 0 Å². The monoisotopic (exact) mass is 205 g/mol. The van der Waals surface area contributed by atoms with Crippen LogP contribution in [-0.2, 0) is 19.0 Å². The Balaban J connectivity index is 3.57. The summed E-state index contributed by atoms with van der Waals surface area (Å²) in [4.78, 5) is 10.9. The minimum atomic E-state index is -0.547. The second-order valence-corrected chi connectivity index (χ2v) is 2.96. The molecule has 0 aliphatic carbocycles. The SMILES string of the molecule is COC(=O)[C@@H](N)CCCC(OC)OC. The predicted octanol–water partition coefficient (Wildman–Crippen LogP) is 0.276. The van der Waals surface area contributed by atoms with Crippen molar-refractivity contribution < 1.29 is 19.0 Å². The normalized spacial score (nSPS) is 12.9. The lowest BCUT2D eigenvalue weighted by atomic mass is 10.1. The summed E-state index contributed by atoms with van der Waals surface area (Å²) >= 11 is 0. The number of ether oxygens (including phenoxy) is 3. The van der Waals surface area contributed by atoms with Crippen LogP contribution in [0.15, 0.2) is 0 Å². The quantitative estimate of drug-likeness (QED) is 0.477. The van der Waals surface area contributed by atoms with Gasteiger partial charge in [-0.1, -0.05) is 0 Å². The molecular formula is C9H19NO4. The van der Waals surface area contributed by atoms with Crippen LogP contribution in [0.5, 0.6) is 0 Å². The van der Waals surface area contributed by atoms with Gasteiger partial charge in [-0.3, -0.25) is 4.79 Å². The second kappa shape index (κ2) is 7.73. The molecule has 2 N–H and O–H groups in total. The van der Waals surface area contributed by atoms with Crippen LogP contribution >= 0.6 is 0 Å². The zero-order valence-electron chi connectivity index (χ0n) is 8.99. The molecule has 0 fully saturated rings. The summed E-state index contributed by atoms with van der Waals surface area (Å²) in [7, 11) is 4.48. The van der Waals surface area contributed by atoms with Gasteiger partial charge in [0, 0.05) is 14.2 Å². The summed E-state index contributed by atoms with van der Waals surface area (Å²) in [6.45, 7) is 0. The summed E-state index contributed by atoms with van der Waals surface area (Å²) < 4.78 is 14.5. The molecule has 0 aliphatic heterocycles. The smallest absolute Gasteiger partial charge is 0.322 e. The molecule has 0 rings (SSSR count). The Morgan fingerprint density at radius 1 is 1.21 bits per heavy atom. The van der Waals surface area contributed by atoms with E-state index in [4.69, 9.17) is 15.2 Å². The first-order valence-electron chi connectivity index (χ1n) is 4.54. The van der Waals surface area contributed by atoms with Gasteiger partial charge in [-0.05, 0) is 19.3 Å². The first kappa shape index (κ1) is 13.4. The molecule has 0 aliphatic rings. The minimum Gasteiger partial charge on any atom is -0.468 e. The molecular weight excluding hydrogens is 186 g/mol. The van der Waals surface area contributed by atoms with Crippen molar-refractivity contribution in [1.82, 2.24) is 0 Å². The Bertz CT molecular complexity index is 159. The average Bonchev–Trinajstić information content (AvgIpc) is 2.22. The van der Waals surface area contributed by atoms with Crippen LogP contribution in [0.2, 0.25) is 0 Å². The molecule has 0 amide bonds. The number of rotatable bonds is 7. The number of carbonyl (C=O) groups excluding carboxylic acids is 1. The second-order valence-electron chi connectivity index (χ2n) is 2.96. The van der Waals surface area contributed by atoms with Crippen molar-refractivity contribution in [2.45, 2.75) is 31.6 Å². The van der Waals surface area contributed by atoms with Gasteiger partial charge in [0.05, 0.1) is 7.11 Å². The molecule has 0 radical (unpaired) electrons. The van der Waals surface area contributed by atoms with Gasteiger partial charge in [0.1, 0.15) is 6.04 Å². The molecule has 0 unspecified atom stereocenters. The topological polar surface area (TPSA) is 70.8 Å². The summed E-state index contributed by atoms with van der Waals surface area (Å²) in [5.41, 5.74) is 5.54. The van der Waals surface area contributed by atoms with E-state index in [0.717, 1.165) is 12.8 Å². The van der Waals surface area contributed by atoms with Crippen molar-refractivity contribution in [2.24, 2.45) is 5.73 Å². The van der Waals surface area contributed by atoms with Gasteiger partial charge >= 0.3 is 5.97 Å². The van der Waals surface area contributed by atoms with Crippen LogP contribution in [0, 0.1) is 0 Å². The first-order chi connectivity index (χ1) is 6.65. The number of esters is 1. The summed E-state index contributed by atoms with van der Waals surface area (Å²) in [5.74, 6) is -0.378. The predicted molar refractivity (Wildman–Crippen MR) is 51.6 cm³/mol. The van der Waals surface area contributed by atoms with E-state index in [9.17, 15) is 4.79 Å². The van der Waals surface area contributed by atoms with E-state index >= 15 is 0 Å². The molecule has 0 saturated heterocycles. The summed E-state index contributed by atoms with van der Waals surface area (Å²) in [5, 5.41) is 0. The number of methoxy groups -OCH3 is 3. The Hall–Kier alpha value is -0.650. The van der Waals surface area contributed by atoms with Crippen LogP contribution in [0.4, 0.5) is 0 Å². The fourth-order valence-electron chi connectivity index (χ4n) is 1.11. The first-order valence-corrected chi connectivity index (χ1v) is 4.54. The third kappa shape index (κ3) is 5.16. The van der Waals surface area contributed by atoms with Gasteiger partial charge in [0.25, 0.3) is 0 Å². The largest absolute Gasteiger partial charge is 0.468 e. The molecule has 0 saturated carbocycles. The molecule has 5 nitrogen and oxygen atoms in total. The minimum absolute atomic E-state index is 0.222. The molecule has 0 aromatic heterocycles. The highest BCUT2D eigenvalue weighted by atomic mass is 16.7. The van der Waals surface area contributed by atoms with Crippen LogP contribution in [-0.4, -0.2) is 39.6 Å². The van der Waals surface area contributed by atoms with E-state index in [1.165, 1.54) is 7.11 Å². The lowest BCUT2D eigenvalue weighted by Gasteiger charge is -2.14. The van der Waals surface area contributed by atoms with Gasteiger partial charge in [-0.15, -0.1) is 0 Å². The van der Waals surface area contributed by atoms with Crippen molar-refractivity contribution in [3.8, 4) is 0 Å². The van der Waals surface area contributed by atoms with E-state index in [1.807, 2.05) is 0 Å². The fourth-order valence-corrected chi connectivity index (χ4v) is 1.11. The van der Waals surface area contributed by atoms with E-state index < -0.39 is 6.04 Å². The van der Waals surface area contributed by atoms with Crippen LogP contribution in [0.3, 0.4) is 0 Å². The van der Waals surface area contributed by atoms with Crippen LogP contribution < -0.4 is 5.73 Å². The molecule has 0 spiro atoms. The Morgan fingerprint density at radius 2 is 1.79 bits per heavy atom. The Kier molecular flexibility index (Phi) is 7.37. The molecule has 0 heterocycles. The van der Waals surface area contributed by atoms with Gasteiger partial charge < -0.3 is 19.9 Å². The average molecular weight is 205 g/mol. The van der Waals surface area contributed by atoms with E-state index in [2.05, 4.69) is 4.74 Å². The van der Waals surface area contributed by atoms with Crippen LogP contribution in [0.1, 0.15) is 19.3 Å². The molecule has 84 valence electrons. The zero-order chi connectivity index (χ0) is 11.0. The Morgan fingerprint density at radius 3 is 2.21 bits per heavy atom. The molecule has 5 heteroatoms. The standard InChI is InChI=1S/C9H19NO4/c1-12-8(13-2)6-4-5-7(10)9(11)14-3/h7-8H,4-6,10H2,1-3H3/t7-/m0/s1. The van der Waals surface area contributed by atoms with E-state index in [0.29, 0.717) is 6.42 Å². The third-order valence-electron chi connectivity index (χ3n) is 1.98. The Labute approximate surface area is 84.5 Å². The number of hydrogen-bond donors (Lipinski definition) is 1. The van der Waals surface area contributed by atoms with Gasteiger partial charge in [-0.2, -0.15) is 0 Å². The van der Waals surface area contributed by atoms with Gasteiger partial charge in [-0.25, -0.2) is 0 Å². The third-order valence-corrected chi connectivity index (χ3v) is 1.98. The highest BCUT2D eigenvalue weighted by Gasteiger charge is 2.14. The molecule has 0 aromatic carbocycles. The van der Waals surface area contributed by atoms with Gasteiger partial charge in [0.15, 0.2) is 6.29 Å². The lowest BCUT2D eigenvalue weighted by molar-refractivity contribution is -0.142. The number of hydrogen-bond acceptors (Lipinski definition) is 5. The maximum Gasteiger partial charge on any atom is 0.322 e. The summed E-state index contributed by atoms with van der Waals surface area (Å²) in [6, 6.07) is -0.547. The maximum atomic E-state index is 10.9. The van der Waals surface area contributed by atoms with E-state index in [1.54, 1.807) is 14.2 Å². The van der Waals surface area contributed by atoms with Crippen molar-refractivity contribution >= 4 is 5.97 Å².